The number of aryl methyl sites for hydroxylation is 1. The van der Waals surface area contributed by atoms with Crippen molar-refractivity contribution in [3.05, 3.63) is 88.0 Å². The van der Waals surface area contributed by atoms with E-state index < -0.39 is 41.1 Å². The fourth-order valence-electron chi connectivity index (χ4n) is 8.83. The SMILES string of the molecule is CCn1c(-c2cc(N3CCN(C(=O)OCc4ccccc4)CC3)cnc2[C@H](C)OC)c(CC(C)(C)CO)c2cc(-c3csc(C[C@H](NC(=O)OC(C)(C)C)C(=O)N4CCCC(C(=O)O)N4)n3)ccc21. The van der Waals surface area contributed by atoms with Crippen LogP contribution in [0.4, 0.5) is 15.3 Å². The Morgan fingerprint density at radius 1 is 1.00 bits per heavy atom. The van der Waals surface area contributed by atoms with Crippen LogP contribution in [-0.2, 0) is 49.8 Å². The molecular weight excluding hydrogens is 901 g/mol. The van der Waals surface area contributed by atoms with E-state index in [2.05, 4.69) is 45.3 Å². The Labute approximate surface area is 407 Å². The predicted molar refractivity (Wildman–Crippen MR) is 265 cm³/mol. The van der Waals surface area contributed by atoms with Crippen molar-refractivity contribution in [3.8, 4) is 22.5 Å². The predicted octanol–water partition coefficient (Wildman–Crippen LogP) is 7.59. The Hall–Kier alpha value is -6.08. The second-order valence-corrected chi connectivity index (χ2v) is 20.4. The average molecular weight is 967 g/mol. The van der Waals surface area contributed by atoms with Crippen molar-refractivity contribution in [2.45, 2.75) is 111 Å². The van der Waals surface area contributed by atoms with Gasteiger partial charge in [0.15, 0.2) is 0 Å². The molecule has 0 radical (unpaired) electrons. The number of aliphatic carboxylic acids is 1. The molecule has 69 heavy (non-hydrogen) atoms. The number of anilines is 1. The molecule has 2 fully saturated rings. The number of ether oxygens (including phenoxy) is 3. The molecule has 3 amide bonds. The largest absolute Gasteiger partial charge is 0.480 e. The summed E-state index contributed by atoms with van der Waals surface area (Å²) in [6, 6.07) is 16.1. The first-order valence-corrected chi connectivity index (χ1v) is 24.5. The number of fused-ring (bicyclic) bond motifs is 1. The third-order valence-corrected chi connectivity index (χ3v) is 13.4. The van der Waals surface area contributed by atoms with Crippen LogP contribution in [0.1, 0.15) is 89.2 Å². The molecule has 0 aliphatic carbocycles. The van der Waals surface area contributed by atoms with Gasteiger partial charge in [0.25, 0.3) is 5.91 Å². The summed E-state index contributed by atoms with van der Waals surface area (Å²) < 4.78 is 19.4. The summed E-state index contributed by atoms with van der Waals surface area (Å²) in [5.41, 5.74) is 9.59. The van der Waals surface area contributed by atoms with E-state index in [0.29, 0.717) is 62.7 Å². The standard InChI is InChI=1S/C51H66N8O9S/c1-9-58-42-18-17-34(41-30-69-43(53-41)26-40(54-48(64)68-50(3,4)5)46(61)59-19-13-16-39(55-59)47(62)63)24-36(42)38(27-51(6,7)31-60)45(58)37-25-35(28-52-44(37)32(2)66-8)56-20-22-57(23-21-56)49(65)67-29-33-14-11-10-12-15-33/h10-12,14-15,17-18,24-25,28,30,32,39-40,55,60H,9,13,16,19-23,26-27,29,31H2,1-8H3,(H,54,64)(H,62,63)/t32-,39?,40-/m0/s1. The summed E-state index contributed by atoms with van der Waals surface area (Å²) >= 11 is 1.36. The third-order valence-electron chi connectivity index (χ3n) is 12.5. The van der Waals surface area contributed by atoms with Gasteiger partial charge in [0.05, 0.1) is 40.1 Å². The quantitative estimate of drug-likeness (QED) is 0.0755. The summed E-state index contributed by atoms with van der Waals surface area (Å²) in [5.74, 6) is -1.55. The molecule has 0 saturated carbocycles. The van der Waals surface area contributed by atoms with Crippen molar-refractivity contribution < 1.29 is 43.6 Å². The lowest BCUT2D eigenvalue weighted by atomic mass is 9.84. The van der Waals surface area contributed by atoms with Crippen LogP contribution in [-0.4, -0.2) is 123 Å². The zero-order chi connectivity index (χ0) is 49.6. The number of nitrogens with zero attached hydrogens (tertiary/aromatic N) is 6. The Bertz CT molecular complexity index is 2620. The van der Waals surface area contributed by atoms with Crippen molar-refractivity contribution in [1.29, 1.82) is 0 Å². The number of alkyl carbamates (subject to hydrolysis) is 1. The highest BCUT2D eigenvalue weighted by Crippen LogP contribution is 2.43. The minimum atomic E-state index is -1.09. The molecule has 0 spiro atoms. The monoisotopic (exact) mass is 966 g/mol. The highest BCUT2D eigenvalue weighted by atomic mass is 32.1. The first-order valence-electron chi connectivity index (χ1n) is 23.6. The molecule has 3 atom stereocenters. The van der Waals surface area contributed by atoms with Gasteiger partial charge in [0.2, 0.25) is 0 Å². The van der Waals surface area contributed by atoms with Gasteiger partial charge >= 0.3 is 18.2 Å². The van der Waals surface area contributed by atoms with E-state index in [9.17, 15) is 29.4 Å². The highest BCUT2D eigenvalue weighted by Gasteiger charge is 2.35. The number of thiazole rings is 1. The molecular formula is C51H66N8O9S. The van der Waals surface area contributed by atoms with Crippen molar-refractivity contribution in [2.75, 3.05) is 51.3 Å². The molecule has 2 saturated heterocycles. The second kappa shape index (κ2) is 21.7. The van der Waals surface area contributed by atoms with E-state index in [1.807, 2.05) is 68.7 Å². The Morgan fingerprint density at radius 2 is 1.74 bits per heavy atom. The molecule has 5 heterocycles. The van der Waals surface area contributed by atoms with Gasteiger partial charge in [-0.05, 0) is 88.6 Å². The minimum Gasteiger partial charge on any atom is -0.480 e. The van der Waals surface area contributed by atoms with Crippen LogP contribution >= 0.6 is 11.3 Å². The zero-order valence-electron chi connectivity index (χ0n) is 40.9. The molecule has 2 aliphatic rings. The van der Waals surface area contributed by atoms with Crippen LogP contribution < -0.4 is 15.6 Å². The summed E-state index contributed by atoms with van der Waals surface area (Å²) in [5, 5.41) is 27.9. The topological polar surface area (TPSA) is 201 Å². The summed E-state index contributed by atoms with van der Waals surface area (Å²) in [4.78, 5) is 66.0. The molecule has 18 heteroatoms. The summed E-state index contributed by atoms with van der Waals surface area (Å²) in [7, 11) is 1.67. The number of hydrogen-bond donors (Lipinski definition) is 4. The molecule has 17 nitrogen and oxygen atoms in total. The number of carboxylic acid groups (broad SMARTS) is 1. The average Bonchev–Trinajstić information content (AvgIpc) is 3.93. The van der Waals surface area contributed by atoms with Gasteiger partial charge in [-0.15, -0.1) is 11.3 Å². The second-order valence-electron chi connectivity index (χ2n) is 19.5. The first-order chi connectivity index (χ1) is 32.9. The Kier molecular flexibility index (Phi) is 16.0. The number of piperazine rings is 1. The molecule has 0 bridgehead atoms. The van der Waals surface area contributed by atoms with E-state index in [0.717, 1.165) is 50.2 Å². The number of hydrogen-bond acceptors (Lipinski definition) is 13. The summed E-state index contributed by atoms with van der Waals surface area (Å²) in [6.45, 7) is 16.6. The zero-order valence-corrected chi connectivity index (χ0v) is 41.7. The van der Waals surface area contributed by atoms with E-state index in [-0.39, 0.29) is 38.4 Å². The van der Waals surface area contributed by atoms with Crippen molar-refractivity contribution in [2.24, 2.45) is 5.41 Å². The number of aliphatic hydroxyl groups excluding tert-OH is 1. The van der Waals surface area contributed by atoms with Gasteiger partial charge in [-0.3, -0.25) is 19.6 Å². The first kappa shape index (κ1) is 50.8. The fourth-order valence-corrected chi connectivity index (χ4v) is 9.68. The Morgan fingerprint density at radius 3 is 2.41 bits per heavy atom. The van der Waals surface area contributed by atoms with E-state index >= 15 is 0 Å². The lowest BCUT2D eigenvalue weighted by molar-refractivity contribution is -0.147. The van der Waals surface area contributed by atoms with Crippen LogP contribution in [0.15, 0.2) is 66.2 Å². The van der Waals surface area contributed by atoms with Gasteiger partial charge in [0, 0.05) is 86.8 Å². The van der Waals surface area contributed by atoms with E-state index in [4.69, 9.17) is 24.2 Å². The number of carbonyl (C=O) groups excluding carboxylic acids is 3. The number of amides is 3. The van der Waals surface area contributed by atoms with Crippen LogP contribution in [0.2, 0.25) is 0 Å². The van der Waals surface area contributed by atoms with Crippen molar-refractivity contribution in [1.82, 2.24) is 35.2 Å². The molecule has 2 aliphatic heterocycles. The minimum absolute atomic E-state index is 0.0425. The number of nitrogens with one attached hydrogen (secondary N) is 2. The number of aliphatic hydroxyl groups is 1. The lowest BCUT2D eigenvalue weighted by Gasteiger charge is -2.35. The van der Waals surface area contributed by atoms with Gasteiger partial charge in [-0.2, -0.15) is 0 Å². The molecule has 2 aromatic carbocycles. The third kappa shape index (κ3) is 12.2. The number of carbonyl (C=O) groups is 4. The molecule has 7 rings (SSSR count). The number of aromatic nitrogens is 3. The van der Waals surface area contributed by atoms with Crippen LogP contribution in [0.25, 0.3) is 33.4 Å². The number of methoxy groups -OCH3 is 1. The highest BCUT2D eigenvalue weighted by molar-refractivity contribution is 7.10. The molecule has 5 aromatic rings. The van der Waals surface area contributed by atoms with Gasteiger partial charge < -0.3 is 44.1 Å². The fraction of sp³-hybridized carbons (Fsp3) is 0.490. The van der Waals surface area contributed by atoms with E-state index in [1.165, 1.54) is 16.3 Å². The van der Waals surface area contributed by atoms with Gasteiger partial charge in [0.1, 0.15) is 24.3 Å². The van der Waals surface area contributed by atoms with Crippen LogP contribution in [0.3, 0.4) is 0 Å². The lowest BCUT2D eigenvalue weighted by Crippen LogP contribution is -2.60. The molecule has 370 valence electrons. The van der Waals surface area contributed by atoms with Crippen molar-refractivity contribution in [3.63, 3.8) is 0 Å². The maximum Gasteiger partial charge on any atom is 0.410 e. The number of hydrazine groups is 1. The number of benzene rings is 2. The normalized spacial score (nSPS) is 16.6. The van der Waals surface area contributed by atoms with Crippen LogP contribution in [0, 0.1) is 5.41 Å². The molecule has 1 unspecified atom stereocenters. The smallest absolute Gasteiger partial charge is 0.410 e. The summed E-state index contributed by atoms with van der Waals surface area (Å²) in [6.07, 6.45) is 1.87. The van der Waals surface area contributed by atoms with E-state index in [1.54, 1.807) is 32.8 Å². The number of rotatable bonds is 16. The Balaban J connectivity index is 1.21. The molecule has 4 N–H and O–H groups in total. The van der Waals surface area contributed by atoms with Crippen molar-refractivity contribution >= 4 is 52.0 Å². The maximum absolute atomic E-state index is 14.0. The van der Waals surface area contributed by atoms with Gasteiger partial charge in [-0.1, -0.05) is 50.2 Å². The van der Waals surface area contributed by atoms with Crippen LogP contribution in [0.5, 0.6) is 0 Å². The molecule has 3 aromatic heterocycles. The number of carboxylic acids is 1. The number of pyridine rings is 1. The van der Waals surface area contributed by atoms with Gasteiger partial charge in [-0.25, -0.2) is 20.0 Å². The maximum atomic E-state index is 14.0.